The van der Waals surface area contributed by atoms with Gasteiger partial charge in [0.1, 0.15) is 0 Å². The summed E-state index contributed by atoms with van der Waals surface area (Å²) >= 11 is 3.17. The second-order valence-corrected chi connectivity index (χ2v) is 10.4. The van der Waals surface area contributed by atoms with Gasteiger partial charge in [0.25, 0.3) is 0 Å². The molecule has 9 heteroatoms. The smallest absolute Gasteiger partial charge is 0.249 e. The van der Waals surface area contributed by atoms with E-state index in [1.807, 2.05) is 35.3 Å². The van der Waals surface area contributed by atoms with Gasteiger partial charge in [0, 0.05) is 35.5 Å². The quantitative estimate of drug-likeness (QED) is 0.614. The molecule has 0 spiro atoms. The Kier molecular flexibility index (Phi) is 6.01. The second-order valence-electron chi connectivity index (χ2n) is 8.39. The molecule has 1 aliphatic carbocycles. The topological polar surface area (TPSA) is 106 Å². The van der Waals surface area contributed by atoms with Gasteiger partial charge in [0.05, 0.1) is 17.1 Å². The van der Waals surface area contributed by atoms with Crippen LogP contribution in [0.15, 0.2) is 23.6 Å². The summed E-state index contributed by atoms with van der Waals surface area (Å²) in [4.78, 5) is 29.4. The second kappa shape index (κ2) is 8.90. The summed E-state index contributed by atoms with van der Waals surface area (Å²) in [7, 11) is 0. The van der Waals surface area contributed by atoms with Gasteiger partial charge in [0.15, 0.2) is 5.13 Å². The van der Waals surface area contributed by atoms with E-state index < -0.39 is 5.91 Å². The predicted octanol–water partition coefficient (Wildman–Crippen LogP) is 3.18. The minimum Gasteiger partial charge on any atom is -0.381 e. The number of hydrogen-bond donors (Lipinski definition) is 3. The summed E-state index contributed by atoms with van der Waals surface area (Å²) in [6, 6.07) is 5.63. The van der Waals surface area contributed by atoms with Crippen LogP contribution in [0.3, 0.4) is 0 Å². The van der Waals surface area contributed by atoms with E-state index >= 15 is 0 Å². The van der Waals surface area contributed by atoms with Crippen LogP contribution in [0.25, 0.3) is 11.3 Å². The maximum absolute atomic E-state index is 12.8. The van der Waals surface area contributed by atoms with Crippen LogP contribution in [0, 0.1) is 5.92 Å². The van der Waals surface area contributed by atoms with Gasteiger partial charge in [-0.1, -0.05) is 12.1 Å². The fourth-order valence-electron chi connectivity index (χ4n) is 4.24. The molecule has 164 valence electrons. The van der Waals surface area contributed by atoms with E-state index in [9.17, 15) is 9.59 Å². The molecule has 0 radical (unpaired) electrons. The van der Waals surface area contributed by atoms with E-state index in [1.165, 1.54) is 11.3 Å². The number of carbonyl (C=O) groups excluding carboxylic acids is 2. The van der Waals surface area contributed by atoms with Crippen LogP contribution in [-0.4, -0.2) is 47.2 Å². The van der Waals surface area contributed by atoms with Gasteiger partial charge in [-0.3, -0.25) is 14.9 Å². The molecule has 7 nitrogen and oxygen atoms in total. The summed E-state index contributed by atoms with van der Waals surface area (Å²) in [6.45, 7) is 1.61. The third-order valence-corrected chi connectivity index (χ3v) is 8.35. The Balaban J connectivity index is 1.25. The molecule has 2 saturated heterocycles. The Bertz CT molecular complexity index is 985. The lowest BCUT2D eigenvalue weighted by Gasteiger charge is -2.27. The molecule has 1 saturated carbocycles. The van der Waals surface area contributed by atoms with E-state index in [1.54, 1.807) is 0 Å². The number of anilines is 1. The van der Waals surface area contributed by atoms with Crippen LogP contribution in [0.1, 0.15) is 47.5 Å². The normalized spacial score (nSPS) is 24.3. The number of nitrogens with two attached hydrogens (primary N) is 1. The standard InChI is InChI=1S/C22H26N4O3S2/c23-19(27)16-9-14(12-1-2-12)3-4-15(16)17-10-31-22(25-17)26-20(28)18-11-30-21(24-18)13-5-7-29-8-6-13/h3-4,9-10,12-13,18,21,24H,1-2,5-8,11H2,(H2,23,27)(H,25,26,28)/t18?,21-/m1/s1. The lowest BCUT2D eigenvalue weighted by atomic mass is 9.99. The average Bonchev–Trinajstić information content (AvgIpc) is 3.33. The molecule has 1 aromatic heterocycles. The zero-order valence-electron chi connectivity index (χ0n) is 17.1. The molecule has 3 aliphatic rings. The van der Waals surface area contributed by atoms with Crippen LogP contribution >= 0.6 is 23.1 Å². The van der Waals surface area contributed by atoms with E-state index in [0.29, 0.717) is 39.2 Å². The van der Waals surface area contributed by atoms with Crippen molar-refractivity contribution in [2.24, 2.45) is 11.7 Å². The lowest BCUT2D eigenvalue weighted by Crippen LogP contribution is -2.43. The van der Waals surface area contributed by atoms with Gasteiger partial charge in [-0.05, 0) is 49.1 Å². The fourth-order valence-corrected chi connectivity index (χ4v) is 6.41. The number of primary amides is 1. The number of thiazole rings is 1. The first kappa shape index (κ1) is 20.9. The minimum atomic E-state index is -0.456. The summed E-state index contributed by atoms with van der Waals surface area (Å²) in [5.41, 5.74) is 8.65. The molecule has 1 unspecified atom stereocenters. The Labute approximate surface area is 189 Å². The van der Waals surface area contributed by atoms with Crippen LogP contribution in [0.5, 0.6) is 0 Å². The molecule has 31 heavy (non-hydrogen) atoms. The first-order valence-corrected chi connectivity index (χ1v) is 12.7. The first-order valence-electron chi connectivity index (χ1n) is 10.7. The molecular formula is C22H26N4O3S2. The van der Waals surface area contributed by atoms with Crippen molar-refractivity contribution >= 4 is 40.0 Å². The molecule has 0 bridgehead atoms. The van der Waals surface area contributed by atoms with E-state index in [0.717, 1.165) is 50.2 Å². The van der Waals surface area contributed by atoms with Gasteiger partial charge >= 0.3 is 0 Å². The third-order valence-electron chi connectivity index (χ3n) is 6.19. The molecule has 5 rings (SSSR count). The summed E-state index contributed by atoms with van der Waals surface area (Å²) in [6.07, 6.45) is 4.40. The van der Waals surface area contributed by atoms with Crippen molar-refractivity contribution in [2.75, 3.05) is 24.3 Å². The Morgan fingerprint density at radius 2 is 2.00 bits per heavy atom. The SMILES string of the molecule is NC(=O)c1cc(C2CC2)ccc1-c1csc(NC(=O)C2CS[C@H](C3CCOCC3)N2)n1. The van der Waals surface area contributed by atoms with Crippen molar-refractivity contribution in [3.63, 3.8) is 0 Å². The van der Waals surface area contributed by atoms with Crippen molar-refractivity contribution in [1.29, 1.82) is 0 Å². The van der Waals surface area contributed by atoms with E-state index in [2.05, 4.69) is 15.6 Å². The largest absolute Gasteiger partial charge is 0.381 e. The Morgan fingerprint density at radius 1 is 1.19 bits per heavy atom. The fraction of sp³-hybridized carbons (Fsp3) is 0.500. The molecule has 2 atom stereocenters. The lowest BCUT2D eigenvalue weighted by molar-refractivity contribution is -0.117. The van der Waals surface area contributed by atoms with Crippen LogP contribution in [-0.2, 0) is 9.53 Å². The molecule has 2 amide bonds. The van der Waals surface area contributed by atoms with Crippen LogP contribution in [0.4, 0.5) is 5.13 Å². The number of nitrogens with zero attached hydrogens (tertiary/aromatic N) is 1. The van der Waals surface area contributed by atoms with Gasteiger partial charge in [-0.25, -0.2) is 4.98 Å². The number of hydrogen-bond acceptors (Lipinski definition) is 7. The number of carbonyl (C=O) groups is 2. The number of amides is 2. The highest BCUT2D eigenvalue weighted by Crippen LogP contribution is 2.41. The molecule has 4 N–H and O–H groups in total. The van der Waals surface area contributed by atoms with Crippen molar-refractivity contribution < 1.29 is 14.3 Å². The molecule has 3 heterocycles. The molecule has 2 aliphatic heterocycles. The number of rotatable bonds is 6. The average molecular weight is 459 g/mol. The Hall–Kier alpha value is -1.94. The highest BCUT2D eigenvalue weighted by atomic mass is 32.2. The minimum absolute atomic E-state index is 0.0674. The molecular weight excluding hydrogens is 432 g/mol. The summed E-state index contributed by atoms with van der Waals surface area (Å²) < 4.78 is 5.44. The first-order chi connectivity index (χ1) is 15.1. The van der Waals surface area contributed by atoms with Crippen molar-refractivity contribution in [2.45, 2.75) is 43.0 Å². The number of benzene rings is 1. The van der Waals surface area contributed by atoms with Crippen molar-refractivity contribution in [3.05, 3.63) is 34.7 Å². The number of ether oxygens (including phenoxy) is 1. The maximum Gasteiger partial charge on any atom is 0.249 e. The van der Waals surface area contributed by atoms with Crippen LogP contribution in [0.2, 0.25) is 0 Å². The van der Waals surface area contributed by atoms with Gasteiger partial charge in [-0.2, -0.15) is 0 Å². The maximum atomic E-state index is 12.8. The zero-order chi connectivity index (χ0) is 21.4. The molecule has 1 aromatic carbocycles. The van der Waals surface area contributed by atoms with Gasteiger partial charge < -0.3 is 15.8 Å². The molecule has 3 fully saturated rings. The Morgan fingerprint density at radius 3 is 2.74 bits per heavy atom. The van der Waals surface area contributed by atoms with E-state index in [4.69, 9.17) is 10.5 Å². The van der Waals surface area contributed by atoms with Crippen LogP contribution < -0.4 is 16.4 Å². The predicted molar refractivity (Wildman–Crippen MR) is 123 cm³/mol. The third kappa shape index (κ3) is 4.64. The summed E-state index contributed by atoms with van der Waals surface area (Å²) in [5, 5.41) is 9.10. The molecule has 2 aromatic rings. The number of nitrogens with one attached hydrogen (secondary N) is 2. The highest BCUT2D eigenvalue weighted by molar-refractivity contribution is 8.00. The number of thioether (sulfide) groups is 1. The van der Waals surface area contributed by atoms with Crippen molar-refractivity contribution in [3.8, 4) is 11.3 Å². The zero-order valence-corrected chi connectivity index (χ0v) is 18.8. The van der Waals surface area contributed by atoms with Gasteiger partial charge in [0.2, 0.25) is 11.8 Å². The number of aromatic nitrogens is 1. The van der Waals surface area contributed by atoms with E-state index in [-0.39, 0.29) is 11.9 Å². The van der Waals surface area contributed by atoms with Crippen molar-refractivity contribution in [1.82, 2.24) is 10.3 Å². The van der Waals surface area contributed by atoms with Gasteiger partial charge in [-0.15, -0.1) is 23.1 Å². The summed E-state index contributed by atoms with van der Waals surface area (Å²) in [5.74, 6) is 1.32. The monoisotopic (exact) mass is 458 g/mol. The highest BCUT2D eigenvalue weighted by Gasteiger charge is 2.35.